The highest BCUT2D eigenvalue weighted by molar-refractivity contribution is 5.78. The van der Waals surface area contributed by atoms with Gasteiger partial charge in [-0.3, -0.25) is 10.1 Å². The first-order valence-electron chi connectivity index (χ1n) is 6.95. The second kappa shape index (κ2) is 6.97. The summed E-state index contributed by atoms with van der Waals surface area (Å²) >= 11 is 0. The monoisotopic (exact) mass is 271 g/mol. The van der Waals surface area contributed by atoms with Crippen LogP contribution in [0.5, 0.6) is 0 Å². The Morgan fingerprint density at radius 3 is 2.65 bits per heavy atom. The molecule has 1 aromatic carbocycles. The van der Waals surface area contributed by atoms with Crippen molar-refractivity contribution in [2.24, 2.45) is 0 Å². The van der Waals surface area contributed by atoms with Crippen LogP contribution in [0.25, 0.3) is 0 Å². The number of benzene rings is 1. The summed E-state index contributed by atoms with van der Waals surface area (Å²) in [6.07, 6.45) is 5.15. The third-order valence-corrected chi connectivity index (χ3v) is 3.59. The topological polar surface area (TPSA) is 35.6 Å². The first-order valence-corrected chi connectivity index (χ1v) is 6.95. The summed E-state index contributed by atoms with van der Waals surface area (Å²) in [4.78, 5) is 16.2. The Kier molecular flexibility index (Phi) is 5.03. The Hall–Kier alpha value is -1.99. The second-order valence-electron chi connectivity index (χ2n) is 4.96. The van der Waals surface area contributed by atoms with Gasteiger partial charge in [-0.1, -0.05) is 24.1 Å². The summed E-state index contributed by atoms with van der Waals surface area (Å²) in [5.41, 5.74) is 2.55. The smallest absolute Gasteiger partial charge is 0.236 e. The van der Waals surface area contributed by atoms with E-state index >= 15 is 0 Å². The molecule has 1 saturated heterocycles. The minimum Gasteiger partial charge on any atom is -0.368 e. The maximum absolute atomic E-state index is 12.0. The molecular formula is C16H21N3O. The number of nitrogens with one attached hydrogen (secondary N) is 1. The van der Waals surface area contributed by atoms with Crippen LogP contribution in [0.1, 0.15) is 5.56 Å². The largest absolute Gasteiger partial charge is 0.368 e. The van der Waals surface area contributed by atoms with Gasteiger partial charge in [0.15, 0.2) is 0 Å². The number of carbonyl (C=O) groups excluding carboxylic acids is 1. The van der Waals surface area contributed by atoms with E-state index in [0.717, 1.165) is 26.2 Å². The van der Waals surface area contributed by atoms with Crippen molar-refractivity contribution < 1.29 is 4.79 Å². The lowest BCUT2D eigenvalue weighted by Gasteiger charge is -2.36. The van der Waals surface area contributed by atoms with Crippen LogP contribution in [0, 0.1) is 19.3 Å². The van der Waals surface area contributed by atoms with Crippen molar-refractivity contribution in [3.05, 3.63) is 29.8 Å². The number of anilines is 1. The average Bonchev–Trinajstić information content (AvgIpc) is 2.48. The van der Waals surface area contributed by atoms with Crippen LogP contribution >= 0.6 is 0 Å². The van der Waals surface area contributed by atoms with E-state index in [-0.39, 0.29) is 5.91 Å². The zero-order valence-electron chi connectivity index (χ0n) is 11.9. The van der Waals surface area contributed by atoms with Crippen molar-refractivity contribution >= 4 is 11.6 Å². The lowest BCUT2D eigenvalue weighted by atomic mass is 10.1. The Labute approximate surface area is 120 Å². The summed E-state index contributed by atoms with van der Waals surface area (Å²) in [5, 5.41) is 2.94. The van der Waals surface area contributed by atoms with E-state index < -0.39 is 0 Å². The molecule has 1 aliphatic rings. The van der Waals surface area contributed by atoms with E-state index in [4.69, 9.17) is 6.42 Å². The van der Waals surface area contributed by atoms with Crippen LogP contribution in [-0.4, -0.2) is 50.1 Å². The minimum atomic E-state index is 0.129. The number of carbonyl (C=O) groups is 1. The van der Waals surface area contributed by atoms with E-state index in [9.17, 15) is 4.79 Å². The number of terminal acetylenes is 1. The van der Waals surface area contributed by atoms with Gasteiger partial charge >= 0.3 is 0 Å². The van der Waals surface area contributed by atoms with Gasteiger partial charge < -0.3 is 9.80 Å². The van der Waals surface area contributed by atoms with Crippen LogP contribution in [0.15, 0.2) is 24.3 Å². The third-order valence-electron chi connectivity index (χ3n) is 3.59. The van der Waals surface area contributed by atoms with Gasteiger partial charge in [0.25, 0.3) is 0 Å². The number of nitrogens with zero attached hydrogens (tertiary/aromatic N) is 2. The number of para-hydroxylation sites is 1. The van der Waals surface area contributed by atoms with Crippen LogP contribution < -0.4 is 10.2 Å². The van der Waals surface area contributed by atoms with Crippen molar-refractivity contribution in [3.63, 3.8) is 0 Å². The Morgan fingerprint density at radius 2 is 2.00 bits per heavy atom. The lowest BCUT2D eigenvalue weighted by molar-refractivity contribution is -0.130. The van der Waals surface area contributed by atoms with Crippen molar-refractivity contribution in [3.8, 4) is 12.3 Å². The van der Waals surface area contributed by atoms with Crippen LogP contribution in [0.2, 0.25) is 0 Å². The normalized spacial score (nSPS) is 15.0. The second-order valence-corrected chi connectivity index (χ2v) is 4.96. The molecule has 0 atom stereocenters. The van der Waals surface area contributed by atoms with Crippen LogP contribution in [0.4, 0.5) is 5.69 Å². The predicted molar refractivity (Wildman–Crippen MR) is 81.7 cm³/mol. The summed E-state index contributed by atoms with van der Waals surface area (Å²) in [5.74, 6) is 2.60. The van der Waals surface area contributed by atoms with Crippen molar-refractivity contribution in [2.45, 2.75) is 6.92 Å². The van der Waals surface area contributed by atoms with Gasteiger partial charge in [0.2, 0.25) is 5.91 Å². The number of piperazine rings is 1. The summed E-state index contributed by atoms with van der Waals surface area (Å²) in [7, 11) is 0. The third kappa shape index (κ3) is 3.52. The molecule has 1 amide bonds. The fraction of sp³-hybridized carbons (Fsp3) is 0.438. The highest BCUT2D eigenvalue weighted by atomic mass is 16.2. The van der Waals surface area contributed by atoms with Gasteiger partial charge in [-0.15, -0.1) is 6.42 Å². The molecule has 1 aliphatic heterocycles. The molecule has 20 heavy (non-hydrogen) atoms. The minimum absolute atomic E-state index is 0.129. The van der Waals surface area contributed by atoms with Crippen LogP contribution in [0.3, 0.4) is 0 Å². The van der Waals surface area contributed by atoms with Crippen molar-refractivity contribution in [1.82, 2.24) is 10.2 Å². The van der Waals surface area contributed by atoms with E-state index in [0.29, 0.717) is 13.1 Å². The highest BCUT2D eigenvalue weighted by Gasteiger charge is 2.21. The first kappa shape index (κ1) is 14.4. The molecule has 0 aliphatic carbocycles. The fourth-order valence-electron chi connectivity index (χ4n) is 2.47. The number of aryl methyl sites for hydroxylation is 1. The quantitative estimate of drug-likeness (QED) is 0.652. The van der Waals surface area contributed by atoms with Crippen molar-refractivity contribution in [2.75, 3.05) is 44.2 Å². The van der Waals surface area contributed by atoms with Gasteiger partial charge in [-0.25, -0.2) is 0 Å². The highest BCUT2D eigenvalue weighted by Crippen LogP contribution is 2.20. The molecule has 1 N–H and O–H groups in total. The van der Waals surface area contributed by atoms with Gasteiger partial charge in [0.05, 0.1) is 13.1 Å². The first-order chi connectivity index (χ1) is 9.72. The molecule has 0 saturated carbocycles. The fourth-order valence-corrected chi connectivity index (χ4v) is 2.47. The maximum Gasteiger partial charge on any atom is 0.236 e. The molecule has 4 nitrogen and oxygen atoms in total. The van der Waals surface area contributed by atoms with E-state index in [1.165, 1.54) is 11.3 Å². The Morgan fingerprint density at radius 1 is 1.30 bits per heavy atom. The number of hydrogen-bond acceptors (Lipinski definition) is 3. The molecule has 4 heteroatoms. The Bertz CT molecular complexity index is 499. The molecule has 0 spiro atoms. The number of amides is 1. The van der Waals surface area contributed by atoms with E-state index in [2.05, 4.69) is 47.3 Å². The van der Waals surface area contributed by atoms with Gasteiger partial charge in [0.1, 0.15) is 0 Å². The summed E-state index contributed by atoms with van der Waals surface area (Å²) in [6, 6.07) is 8.37. The zero-order chi connectivity index (χ0) is 14.4. The van der Waals surface area contributed by atoms with E-state index in [1.807, 2.05) is 4.90 Å². The standard InChI is InChI=1S/C16H21N3O/c1-3-8-17-13-16(20)19-11-9-18(10-12-19)15-7-5-4-6-14(15)2/h1,4-7,17H,8-13H2,2H3. The zero-order valence-corrected chi connectivity index (χ0v) is 11.9. The molecule has 0 bridgehead atoms. The molecule has 0 radical (unpaired) electrons. The molecule has 106 valence electrons. The average molecular weight is 271 g/mol. The van der Waals surface area contributed by atoms with Crippen LogP contribution in [-0.2, 0) is 4.79 Å². The number of rotatable bonds is 4. The lowest BCUT2D eigenvalue weighted by Crippen LogP contribution is -2.51. The van der Waals surface area contributed by atoms with E-state index in [1.54, 1.807) is 0 Å². The van der Waals surface area contributed by atoms with Gasteiger partial charge in [-0.2, -0.15) is 0 Å². The Balaban J connectivity index is 1.85. The maximum atomic E-state index is 12.0. The molecule has 1 aromatic rings. The predicted octanol–water partition coefficient (Wildman–Crippen LogP) is 0.866. The van der Waals surface area contributed by atoms with Gasteiger partial charge in [0, 0.05) is 31.9 Å². The molecule has 1 fully saturated rings. The van der Waals surface area contributed by atoms with Gasteiger partial charge in [-0.05, 0) is 18.6 Å². The molecule has 2 rings (SSSR count). The molecule has 0 aromatic heterocycles. The number of hydrogen-bond donors (Lipinski definition) is 1. The summed E-state index contributed by atoms with van der Waals surface area (Å²) in [6.45, 7) is 6.19. The SMILES string of the molecule is C#CCNCC(=O)N1CCN(c2ccccc2C)CC1. The molecular weight excluding hydrogens is 250 g/mol. The van der Waals surface area contributed by atoms with Crippen molar-refractivity contribution in [1.29, 1.82) is 0 Å². The molecule has 0 unspecified atom stereocenters. The summed E-state index contributed by atoms with van der Waals surface area (Å²) < 4.78 is 0. The molecule has 1 heterocycles.